The molecule has 1 aliphatic heterocycles. The van der Waals surface area contributed by atoms with Gasteiger partial charge in [-0.1, -0.05) is 30.3 Å². The minimum Gasteiger partial charge on any atom is -0.496 e. The number of nitrogens with two attached hydrogens (primary N) is 1. The van der Waals surface area contributed by atoms with E-state index in [-0.39, 0.29) is 34.9 Å². The fraction of sp³-hybridized carbons (Fsp3) is 0.409. The van der Waals surface area contributed by atoms with E-state index in [1.54, 1.807) is 26.3 Å². The summed E-state index contributed by atoms with van der Waals surface area (Å²) in [5, 5.41) is 11.9. The zero-order chi connectivity index (χ0) is 22.3. The number of hydrogen-bond donors (Lipinski definition) is 3. The third kappa shape index (κ3) is 7.06. The standard InChI is InChI=1S/C22H31N5O3S.HI/c1-24-22(25-15-17-9-11-18(12-10-17)31(23,28)29)26-16-20(27-13-5-6-14-27)19-7-3-4-8-21(19)30-2;/h3-4,7-12,20H,5-6,13-16H2,1-2H3,(H2,23,28,29)(H2,24,25,26);1H. The lowest BCUT2D eigenvalue weighted by atomic mass is 10.0. The van der Waals surface area contributed by atoms with Crippen LogP contribution >= 0.6 is 24.0 Å². The molecule has 2 aromatic carbocycles. The Kier molecular flexibility index (Phi) is 10.2. The molecule has 3 rings (SSSR count). The predicted molar refractivity (Wildman–Crippen MR) is 138 cm³/mol. The van der Waals surface area contributed by atoms with Crippen LogP contribution in [0.5, 0.6) is 5.75 Å². The lowest BCUT2D eigenvalue weighted by Gasteiger charge is -2.30. The lowest BCUT2D eigenvalue weighted by molar-refractivity contribution is 0.239. The number of rotatable bonds is 8. The van der Waals surface area contributed by atoms with Crippen molar-refractivity contribution in [3.63, 3.8) is 0 Å². The van der Waals surface area contributed by atoms with Crippen LogP contribution in [-0.2, 0) is 16.6 Å². The summed E-state index contributed by atoms with van der Waals surface area (Å²) in [6.45, 7) is 3.32. The number of halogens is 1. The zero-order valence-corrected chi connectivity index (χ0v) is 21.6. The van der Waals surface area contributed by atoms with E-state index < -0.39 is 10.0 Å². The van der Waals surface area contributed by atoms with Gasteiger partial charge in [0.15, 0.2) is 5.96 Å². The Morgan fingerprint density at radius 1 is 1.12 bits per heavy atom. The molecular weight excluding hydrogens is 541 g/mol. The van der Waals surface area contributed by atoms with Crippen molar-refractivity contribution in [2.75, 3.05) is 33.8 Å². The van der Waals surface area contributed by atoms with Crippen molar-refractivity contribution in [3.8, 4) is 5.75 Å². The van der Waals surface area contributed by atoms with Crippen LogP contribution in [0.15, 0.2) is 58.4 Å². The summed E-state index contributed by atoms with van der Waals surface area (Å²) in [5.41, 5.74) is 2.09. The van der Waals surface area contributed by atoms with E-state index in [0.717, 1.165) is 30.0 Å². The Morgan fingerprint density at radius 2 is 1.78 bits per heavy atom. The lowest BCUT2D eigenvalue weighted by Crippen LogP contribution is -2.42. The van der Waals surface area contributed by atoms with Gasteiger partial charge >= 0.3 is 0 Å². The van der Waals surface area contributed by atoms with Gasteiger partial charge in [-0.15, -0.1) is 24.0 Å². The molecule has 1 heterocycles. The highest BCUT2D eigenvalue weighted by Crippen LogP contribution is 2.31. The number of methoxy groups -OCH3 is 1. The second-order valence-electron chi connectivity index (χ2n) is 7.50. The minimum atomic E-state index is -3.69. The third-order valence-corrected chi connectivity index (χ3v) is 6.41. The quantitative estimate of drug-likeness (QED) is 0.255. The summed E-state index contributed by atoms with van der Waals surface area (Å²) in [6.07, 6.45) is 2.40. The molecule has 1 unspecified atom stereocenters. The highest BCUT2D eigenvalue weighted by molar-refractivity contribution is 14.0. The first-order valence-corrected chi connectivity index (χ1v) is 11.9. The Hall–Kier alpha value is -1.89. The molecule has 0 aromatic heterocycles. The van der Waals surface area contributed by atoms with E-state index in [1.165, 1.54) is 25.0 Å². The molecule has 2 aromatic rings. The molecule has 4 N–H and O–H groups in total. The number of guanidine groups is 1. The van der Waals surface area contributed by atoms with Crippen LogP contribution in [0.25, 0.3) is 0 Å². The maximum atomic E-state index is 11.4. The van der Waals surface area contributed by atoms with Gasteiger partial charge in [-0.05, 0) is 49.7 Å². The molecule has 0 amide bonds. The van der Waals surface area contributed by atoms with Gasteiger partial charge in [-0.3, -0.25) is 9.89 Å². The molecule has 176 valence electrons. The number of nitrogens with one attached hydrogen (secondary N) is 2. The molecular formula is C22H32IN5O3S. The number of para-hydroxylation sites is 1. The summed E-state index contributed by atoms with van der Waals surface area (Å²) in [7, 11) is -0.253. The average Bonchev–Trinajstić information content (AvgIpc) is 3.30. The molecule has 8 nitrogen and oxygen atoms in total. The van der Waals surface area contributed by atoms with Gasteiger partial charge in [0.1, 0.15) is 5.75 Å². The van der Waals surface area contributed by atoms with Crippen LogP contribution in [0.2, 0.25) is 0 Å². The van der Waals surface area contributed by atoms with E-state index in [0.29, 0.717) is 19.0 Å². The number of benzene rings is 2. The molecule has 0 aliphatic carbocycles. The van der Waals surface area contributed by atoms with E-state index in [9.17, 15) is 8.42 Å². The monoisotopic (exact) mass is 573 g/mol. The first-order valence-electron chi connectivity index (χ1n) is 10.4. The van der Waals surface area contributed by atoms with Crippen molar-refractivity contribution in [3.05, 3.63) is 59.7 Å². The topological polar surface area (TPSA) is 109 Å². The Labute approximate surface area is 207 Å². The van der Waals surface area contributed by atoms with Crippen molar-refractivity contribution < 1.29 is 13.2 Å². The summed E-state index contributed by atoms with van der Waals surface area (Å²) in [5.74, 6) is 1.56. The normalized spacial score (nSPS) is 15.7. The van der Waals surface area contributed by atoms with Gasteiger partial charge in [0, 0.05) is 25.7 Å². The minimum absolute atomic E-state index is 0. The Morgan fingerprint density at radius 3 is 2.38 bits per heavy atom. The Balaban J connectivity index is 0.00000363. The van der Waals surface area contributed by atoms with Gasteiger partial charge in [-0.25, -0.2) is 13.6 Å². The molecule has 0 spiro atoms. The fourth-order valence-corrected chi connectivity index (χ4v) is 4.34. The smallest absolute Gasteiger partial charge is 0.238 e. The van der Waals surface area contributed by atoms with Crippen molar-refractivity contribution in [2.45, 2.75) is 30.3 Å². The first-order chi connectivity index (χ1) is 14.9. The highest BCUT2D eigenvalue weighted by Gasteiger charge is 2.26. The molecule has 0 saturated carbocycles. The maximum Gasteiger partial charge on any atom is 0.238 e. The summed E-state index contributed by atoms with van der Waals surface area (Å²) in [6, 6.07) is 14.8. The summed E-state index contributed by atoms with van der Waals surface area (Å²) < 4.78 is 28.4. The number of nitrogens with zero attached hydrogens (tertiary/aromatic N) is 2. The van der Waals surface area contributed by atoms with Crippen LogP contribution in [0.1, 0.15) is 30.0 Å². The Bertz CT molecular complexity index is 993. The molecule has 1 fully saturated rings. The summed E-state index contributed by atoms with van der Waals surface area (Å²) in [4.78, 5) is 6.90. The molecule has 1 aliphatic rings. The van der Waals surface area contributed by atoms with Crippen LogP contribution in [0, 0.1) is 0 Å². The average molecular weight is 574 g/mol. The molecule has 32 heavy (non-hydrogen) atoms. The fourth-order valence-electron chi connectivity index (χ4n) is 3.83. The highest BCUT2D eigenvalue weighted by atomic mass is 127. The molecule has 0 radical (unpaired) electrons. The molecule has 1 saturated heterocycles. The van der Waals surface area contributed by atoms with Crippen LogP contribution in [0.4, 0.5) is 0 Å². The number of primary sulfonamides is 1. The van der Waals surface area contributed by atoms with Crippen LogP contribution < -0.4 is 20.5 Å². The SMILES string of the molecule is CN=C(NCc1ccc(S(N)(=O)=O)cc1)NCC(c1ccccc1OC)N1CCCC1.I. The number of sulfonamides is 1. The molecule has 0 bridgehead atoms. The van der Waals surface area contributed by atoms with E-state index in [2.05, 4.69) is 26.6 Å². The maximum absolute atomic E-state index is 11.4. The van der Waals surface area contributed by atoms with Gasteiger partial charge in [0.05, 0.1) is 18.0 Å². The van der Waals surface area contributed by atoms with Gasteiger partial charge in [0.2, 0.25) is 10.0 Å². The van der Waals surface area contributed by atoms with Crippen molar-refractivity contribution >= 4 is 40.0 Å². The van der Waals surface area contributed by atoms with Crippen LogP contribution in [0.3, 0.4) is 0 Å². The zero-order valence-electron chi connectivity index (χ0n) is 18.5. The van der Waals surface area contributed by atoms with Gasteiger partial charge in [0.25, 0.3) is 0 Å². The predicted octanol–water partition coefficient (Wildman–Crippen LogP) is 2.46. The third-order valence-electron chi connectivity index (χ3n) is 5.48. The molecule has 10 heteroatoms. The van der Waals surface area contributed by atoms with Crippen LogP contribution in [-0.4, -0.2) is 53.1 Å². The van der Waals surface area contributed by atoms with Crippen molar-refractivity contribution in [2.24, 2.45) is 10.1 Å². The second-order valence-corrected chi connectivity index (χ2v) is 9.06. The largest absolute Gasteiger partial charge is 0.496 e. The number of aliphatic imine (C=N–C) groups is 1. The number of hydrogen-bond acceptors (Lipinski definition) is 5. The van der Waals surface area contributed by atoms with Crippen molar-refractivity contribution in [1.82, 2.24) is 15.5 Å². The number of likely N-dealkylation sites (tertiary alicyclic amines) is 1. The van der Waals surface area contributed by atoms with Gasteiger partial charge < -0.3 is 15.4 Å². The van der Waals surface area contributed by atoms with E-state index in [4.69, 9.17) is 9.88 Å². The number of ether oxygens (including phenoxy) is 1. The second kappa shape index (κ2) is 12.4. The van der Waals surface area contributed by atoms with Gasteiger partial charge in [-0.2, -0.15) is 0 Å². The first kappa shape index (κ1) is 26.4. The molecule has 1 atom stereocenters. The van der Waals surface area contributed by atoms with E-state index in [1.807, 2.05) is 18.2 Å². The van der Waals surface area contributed by atoms with Crippen molar-refractivity contribution in [1.29, 1.82) is 0 Å². The van der Waals surface area contributed by atoms with E-state index >= 15 is 0 Å². The summed E-state index contributed by atoms with van der Waals surface area (Å²) >= 11 is 0.